The van der Waals surface area contributed by atoms with E-state index < -0.39 is 0 Å². The topological polar surface area (TPSA) is 6.48 Å². The van der Waals surface area contributed by atoms with Crippen LogP contribution in [0.4, 0.5) is 11.4 Å². The second kappa shape index (κ2) is 4.77. The van der Waals surface area contributed by atoms with E-state index in [9.17, 15) is 0 Å². The van der Waals surface area contributed by atoms with E-state index in [1.165, 1.54) is 55.9 Å². The molecule has 0 amide bonds. The van der Waals surface area contributed by atoms with Gasteiger partial charge in [0.1, 0.15) is 0 Å². The summed E-state index contributed by atoms with van der Waals surface area (Å²) in [6.07, 6.45) is 0. The molecule has 2 nitrogen and oxygen atoms in total. The molecule has 0 atom stereocenters. The Morgan fingerprint density at radius 2 is 1.00 bits per heavy atom. The molecule has 0 N–H and O–H groups in total. The molecule has 2 aliphatic rings. The normalized spacial score (nSPS) is 15.6. The summed E-state index contributed by atoms with van der Waals surface area (Å²) in [6.45, 7) is 16.7. The number of hydrogen-bond acceptors (Lipinski definition) is 2. The van der Waals surface area contributed by atoms with E-state index in [2.05, 4.69) is 63.5 Å². The van der Waals surface area contributed by atoms with Gasteiger partial charge in [0.15, 0.2) is 0 Å². The zero-order valence-corrected chi connectivity index (χ0v) is 15.2. The molecular formula is C21H26N2. The maximum atomic E-state index is 2.58. The van der Waals surface area contributed by atoms with Gasteiger partial charge in [-0.1, -0.05) is 12.1 Å². The summed E-state index contributed by atoms with van der Waals surface area (Å²) in [4.78, 5) is 5.16. The second-order valence-corrected chi connectivity index (χ2v) is 7.46. The number of nitrogens with zero attached hydrogens (tertiary/aromatic N) is 2. The zero-order valence-electron chi connectivity index (χ0n) is 15.2. The van der Waals surface area contributed by atoms with E-state index in [4.69, 9.17) is 0 Å². The molecule has 2 aromatic carbocycles. The average Bonchev–Trinajstić information content (AvgIpc) is 2.49. The van der Waals surface area contributed by atoms with E-state index >= 15 is 0 Å². The van der Waals surface area contributed by atoms with Gasteiger partial charge >= 0.3 is 0 Å². The lowest BCUT2D eigenvalue weighted by Crippen LogP contribution is -2.47. The first kappa shape index (κ1) is 14.6. The molecule has 0 aliphatic carbocycles. The summed E-state index contributed by atoms with van der Waals surface area (Å²) in [5.41, 5.74) is 14.6. The minimum Gasteiger partial charge on any atom is -0.349 e. The lowest BCUT2D eigenvalue weighted by Gasteiger charge is -2.47. The van der Waals surface area contributed by atoms with Crippen molar-refractivity contribution in [1.82, 2.24) is 0 Å². The highest BCUT2D eigenvalue weighted by molar-refractivity contribution is 5.75. The highest BCUT2D eigenvalue weighted by Crippen LogP contribution is 2.44. The average molecular weight is 306 g/mol. The first-order chi connectivity index (χ1) is 10.9. The van der Waals surface area contributed by atoms with Crippen molar-refractivity contribution in [2.45, 2.75) is 54.6 Å². The lowest BCUT2D eigenvalue weighted by atomic mass is 9.89. The molecular weight excluding hydrogens is 280 g/mol. The van der Waals surface area contributed by atoms with Crippen LogP contribution in [0.1, 0.15) is 44.5 Å². The van der Waals surface area contributed by atoms with Gasteiger partial charge in [0.05, 0.1) is 6.67 Å². The maximum Gasteiger partial charge on any atom is 0.0910 e. The largest absolute Gasteiger partial charge is 0.349 e. The third kappa shape index (κ3) is 1.94. The highest BCUT2D eigenvalue weighted by atomic mass is 15.4. The molecule has 2 bridgehead atoms. The first-order valence-corrected chi connectivity index (χ1v) is 8.57. The molecule has 2 aromatic rings. The van der Waals surface area contributed by atoms with Gasteiger partial charge in [-0.25, -0.2) is 0 Å². The van der Waals surface area contributed by atoms with Crippen LogP contribution >= 0.6 is 0 Å². The van der Waals surface area contributed by atoms with E-state index in [1.807, 2.05) is 0 Å². The highest BCUT2D eigenvalue weighted by Gasteiger charge is 2.33. The van der Waals surface area contributed by atoms with Crippen LogP contribution in [-0.2, 0) is 13.1 Å². The number of hydrogen-bond donors (Lipinski definition) is 0. The number of rotatable bonds is 0. The molecule has 0 saturated carbocycles. The van der Waals surface area contributed by atoms with Crippen molar-refractivity contribution in [3.63, 3.8) is 0 Å². The Balaban J connectivity index is 1.94. The van der Waals surface area contributed by atoms with Crippen molar-refractivity contribution in [2.24, 2.45) is 0 Å². The van der Waals surface area contributed by atoms with Gasteiger partial charge in [-0.15, -0.1) is 0 Å². The summed E-state index contributed by atoms with van der Waals surface area (Å²) in [5, 5.41) is 0. The Morgan fingerprint density at radius 1 is 0.609 bits per heavy atom. The van der Waals surface area contributed by atoms with Crippen molar-refractivity contribution in [2.75, 3.05) is 16.5 Å². The molecule has 23 heavy (non-hydrogen) atoms. The minimum atomic E-state index is 1.02. The lowest BCUT2D eigenvalue weighted by molar-refractivity contribution is 0.641. The van der Waals surface area contributed by atoms with Crippen LogP contribution in [0.3, 0.4) is 0 Å². The Kier molecular flexibility index (Phi) is 3.03. The molecule has 0 aromatic heterocycles. The Bertz CT molecular complexity index is 763. The maximum absolute atomic E-state index is 2.58. The van der Waals surface area contributed by atoms with Gasteiger partial charge in [-0.3, -0.25) is 0 Å². The summed E-state index contributed by atoms with van der Waals surface area (Å²) in [6, 6.07) is 4.71. The van der Waals surface area contributed by atoms with Crippen LogP contribution in [-0.4, -0.2) is 6.67 Å². The number of anilines is 2. The summed E-state index contributed by atoms with van der Waals surface area (Å²) >= 11 is 0. The molecule has 0 radical (unpaired) electrons. The van der Waals surface area contributed by atoms with Gasteiger partial charge < -0.3 is 9.80 Å². The van der Waals surface area contributed by atoms with Gasteiger partial charge in [-0.05, 0) is 86.1 Å². The van der Waals surface area contributed by atoms with Crippen molar-refractivity contribution in [3.8, 4) is 0 Å². The SMILES string of the molecule is Cc1cc(C)c2c(c1C)CN1CN2Cc2c(C)c(C)cc(C)c21. The summed E-state index contributed by atoms with van der Waals surface area (Å²) < 4.78 is 0. The monoisotopic (exact) mass is 306 g/mol. The van der Waals surface area contributed by atoms with Gasteiger partial charge in [0, 0.05) is 24.5 Å². The zero-order chi connectivity index (χ0) is 16.5. The molecule has 0 unspecified atom stereocenters. The fraction of sp³-hybridized carbons (Fsp3) is 0.429. The Labute approximate surface area is 139 Å². The third-order valence-electron chi connectivity index (χ3n) is 5.94. The predicted octanol–water partition coefficient (Wildman–Crippen LogP) is 4.83. The molecule has 2 heterocycles. The third-order valence-corrected chi connectivity index (χ3v) is 5.94. The van der Waals surface area contributed by atoms with Crippen LogP contribution in [0.15, 0.2) is 12.1 Å². The van der Waals surface area contributed by atoms with E-state index in [0.717, 1.165) is 19.8 Å². The number of fused-ring (bicyclic) bond motifs is 6. The number of aryl methyl sites for hydroxylation is 4. The van der Waals surface area contributed by atoms with Crippen molar-refractivity contribution < 1.29 is 0 Å². The Hall–Kier alpha value is -1.96. The molecule has 4 rings (SSSR count). The van der Waals surface area contributed by atoms with Crippen LogP contribution in [0, 0.1) is 41.5 Å². The van der Waals surface area contributed by atoms with Crippen LogP contribution in [0.2, 0.25) is 0 Å². The fourth-order valence-corrected chi connectivity index (χ4v) is 4.56. The molecule has 0 fully saturated rings. The summed E-state index contributed by atoms with van der Waals surface area (Å²) in [7, 11) is 0. The fourth-order valence-electron chi connectivity index (χ4n) is 4.56. The predicted molar refractivity (Wildman–Crippen MR) is 98.5 cm³/mol. The van der Waals surface area contributed by atoms with E-state index in [-0.39, 0.29) is 0 Å². The minimum absolute atomic E-state index is 1.02. The summed E-state index contributed by atoms with van der Waals surface area (Å²) in [5.74, 6) is 0. The van der Waals surface area contributed by atoms with Crippen molar-refractivity contribution in [3.05, 3.63) is 56.6 Å². The quantitative estimate of drug-likeness (QED) is 0.687. The van der Waals surface area contributed by atoms with Crippen LogP contribution < -0.4 is 9.80 Å². The molecule has 0 saturated heterocycles. The Morgan fingerprint density at radius 3 is 1.39 bits per heavy atom. The molecule has 2 aliphatic heterocycles. The van der Waals surface area contributed by atoms with Crippen molar-refractivity contribution in [1.29, 1.82) is 0 Å². The van der Waals surface area contributed by atoms with Crippen LogP contribution in [0.25, 0.3) is 0 Å². The van der Waals surface area contributed by atoms with E-state index in [0.29, 0.717) is 0 Å². The van der Waals surface area contributed by atoms with Crippen LogP contribution in [0.5, 0.6) is 0 Å². The standard InChI is InChI=1S/C21H26N2/c1-12-7-14(3)20-18(16(12)5)9-22-11-23(20)10-19-17(6)13(2)8-15(4)21(19)22/h7-8H,9-11H2,1-6H3. The number of benzene rings is 2. The van der Waals surface area contributed by atoms with E-state index in [1.54, 1.807) is 0 Å². The van der Waals surface area contributed by atoms with Gasteiger partial charge in [0.2, 0.25) is 0 Å². The molecule has 120 valence electrons. The first-order valence-electron chi connectivity index (χ1n) is 8.57. The second-order valence-electron chi connectivity index (χ2n) is 7.46. The van der Waals surface area contributed by atoms with Gasteiger partial charge in [-0.2, -0.15) is 0 Å². The van der Waals surface area contributed by atoms with Gasteiger partial charge in [0.25, 0.3) is 0 Å². The smallest absolute Gasteiger partial charge is 0.0910 e. The van der Waals surface area contributed by atoms with Crippen molar-refractivity contribution >= 4 is 11.4 Å². The molecule has 2 heteroatoms. The molecule has 0 spiro atoms.